The van der Waals surface area contributed by atoms with Crippen molar-refractivity contribution in [3.05, 3.63) is 105 Å². The van der Waals surface area contributed by atoms with Gasteiger partial charge in [0.1, 0.15) is 11.5 Å². The van der Waals surface area contributed by atoms with Gasteiger partial charge in [0.15, 0.2) is 5.78 Å². The second-order valence-electron chi connectivity index (χ2n) is 15.2. The highest BCUT2D eigenvalue weighted by molar-refractivity contribution is 6.22. The van der Waals surface area contributed by atoms with E-state index < -0.39 is 0 Å². The molecule has 0 amide bonds. The summed E-state index contributed by atoms with van der Waals surface area (Å²) in [6.45, 7) is 13.3. The van der Waals surface area contributed by atoms with Crippen LogP contribution in [-0.4, -0.2) is 16.0 Å². The van der Waals surface area contributed by atoms with Gasteiger partial charge in [-0.3, -0.25) is 4.79 Å². The summed E-state index contributed by atoms with van der Waals surface area (Å²) in [6, 6.07) is 21.0. The summed E-state index contributed by atoms with van der Waals surface area (Å²) < 4.78 is 0. The third-order valence-corrected chi connectivity index (χ3v) is 12.1. The Morgan fingerprint density at radius 1 is 0.553 bits per heavy atom. The van der Waals surface area contributed by atoms with Crippen LogP contribution in [0.5, 0.6) is 11.5 Å². The lowest BCUT2D eigenvalue weighted by Gasteiger charge is -2.36. The van der Waals surface area contributed by atoms with Gasteiger partial charge in [-0.15, -0.1) is 0 Å². The van der Waals surface area contributed by atoms with Crippen LogP contribution in [0.4, 0.5) is 0 Å². The molecule has 0 fully saturated rings. The molecule has 3 heteroatoms. The van der Waals surface area contributed by atoms with E-state index in [1.165, 1.54) is 22.3 Å². The van der Waals surface area contributed by atoms with Crippen LogP contribution in [0.25, 0.3) is 22.3 Å². The first-order valence-electron chi connectivity index (χ1n) is 18.1. The van der Waals surface area contributed by atoms with E-state index in [1.807, 2.05) is 26.0 Å². The summed E-state index contributed by atoms with van der Waals surface area (Å²) in [5.41, 5.74) is 12.2. The van der Waals surface area contributed by atoms with E-state index in [0.717, 1.165) is 103 Å². The maximum Gasteiger partial charge on any atom is 0.194 e. The molecule has 4 aromatic carbocycles. The third kappa shape index (κ3) is 4.55. The van der Waals surface area contributed by atoms with Gasteiger partial charge in [-0.1, -0.05) is 89.3 Å². The molecule has 0 aliphatic heterocycles. The van der Waals surface area contributed by atoms with Gasteiger partial charge in [0.2, 0.25) is 0 Å². The van der Waals surface area contributed by atoms with E-state index in [1.54, 1.807) is 0 Å². The minimum absolute atomic E-state index is 0.0339. The number of carbonyl (C=O) groups excluding carboxylic acids is 1. The van der Waals surface area contributed by atoms with Gasteiger partial charge in [0.05, 0.1) is 0 Å². The first-order chi connectivity index (χ1) is 22.6. The van der Waals surface area contributed by atoms with Crippen LogP contribution in [-0.2, 0) is 16.2 Å². The first-order valence-corrected chi connectivity index (χ1v) is 18.1. The van der Waals surface area contributed by atoms with Crippen molar-refractivity contribution in [2.24, 2.45) is 0 Å². The lowest BCUT2D eigenvalue weighted by Crippen LogP contribution is -2.31. The van der Waals surface area contributed by atoms with Gasteiger partial charge in [-0.05, 0) is 138 Å². The molecule has 0 aromatic heterocycles. The number of aromatic hydroxyl groups is 2. The monoisotopic (exact) mass is 626 g/mol. The van der Waals surface area contributed by atoms with Crippen LogP contribution in [0.15, 0.2) is 60.7 Å². The number of benzene rings is 4. The molecule has 3 nitrogen and oxygen atoms in total. The van der Waals surface area contributed by atoms with Crippen molar-refractivity contribution in [3.8, 4) is 33.8 Å². The molecule has 1 spiro atoms. The zero-order valence-electron chi connectivity index (χ0n) is 29.1. The predicted octanol–water partition coefficient (Wildman–Crippen LogP) is 11.4. The number of hydrogen-bond donors (Lipinski definition) is 2. The fraction of sp³-hybridized carbons (Fsp3) is 0.432. The topological polar surface area (TPSA) is 57.5 Å². The molecule has 0 heterocycles. The van der Waals surface area contributed by atoms with E-state index in [-0.39, 0.29) is 27.8 Å². The minimum Gasteiger partial charge on any atom is -0.508 e. The van der Waals surface area contributed by atoms with Crippen LogP contribution < -0.4 is 0 Å². The van der Waals surface area contributed by atoms with E-state index >= 15 is 0 Å². The van der Waals surface area contributed by atoms with Crippen LogP contribution in [0.3, 0.4) is 0 Å². The molecule has 7 rings (SSSR count). The van der Waals surface area contributed by atoms with Crippen LogP contribution in [0.2, 0.25) is 0 Å². The molecule has 244 valence electrons. The van der Waals surface area contributed by atoms with Gasteiger partial charge in [0, 0.05) is 22.1 Å². The largest absolute Gasteiger partial charge is 0.508 e. The van der Waals surface area contributed by atoms with Gasteiger partial charge in [-0.2, -0.15) is 0 Å². The zero-order chi connectivity index (χ0) is 33.3. The highest BCUT2D eigenvalue weighted by Crippen LogP contribution is 2.67. The number of carbonyl (C=O) groups is 1. The summed E-state index contributed by atoms with van der Waals surface area (Å²) in [5, 5.41) is 23.2. The lowest BCUT2D eigenvalue weighted by molar-refractivity contribution is 0.104. The number of phenols is 2. The molecule has 0 saturated heterocycles. The molecule has 1 atom stereocenters. The third-order valence-electron chi connectivity index (χ3n) is 12.1. The Morgan fingerprint density at radius 2 is 1.06 bits per heavy atom. The second kappa shape index (κ2) is 11.4. The van der Waals surface area contributed by atoms with Crippen molar-refractivity contribution >= 4 is 5.78 Å². The standard InChI is InChI=1S/C44H50O3/c1-7-15-42(16-8-2)25-44(37-23-39(45)28(6)20-35(37)42)26-43(17-9-3,18-10-4)36-22-32(40(46)24-38(36)44)29-12-14-31-30-13-11-27(5)19-33(30)41(47)34(31)21-29/h11-14,19-24,45-46H,7-10,15-18,25-26H2,1-6H3. The summed E-state index contributed by atoms with van der Waals surface area (Å²) in [4.78, 5) is 13.6. The van der Waals surface area contributed by atoms with Gasteiger partial charge < -0.3 is 10.2 Å². The Morgan fingerprint density at radius 3 is 1.64 bits per heavy atom. The highest BCUT2D eigenvalue weighted by Gasteiger charge is 2.60. The number of ketones is 1. The Balaban J connectivity index is 1.45. The molecule has 4 aromatic rings. The quantitative estimate of drug-likeness (QED) is 0.171. The average molecular weight is 627 g/mol. The van der Waals surface area contributed by atoms with E-state index in [4.69, 9.17) is 0 Å². The smallest absolute Gasteiger partial charge is 0.194 e. The Labute approximate surface area is 281 Å². The van der Waals surface area contributed by atoms with Crippen LogP contribution >= 0.6 is 0 Å². The number of aryl methyl sites for hydroxylation is 2. The lowest BCUT2D eigenvalue weighted by atomic mass is 9.67. The van der Waals surface area contributed by atoms with Crippen molar-refractivity contribution in [2.45, 2.75) is 122 Å². The molecule has 3 aliphatic carbocycles. The molecular formula is C44H50O3. The molecular weight excluding hydrogens is 576 g/mol. The first kappa shape index (κ1) is 31.7. The van der Waals surface area contributed by atoms with Gasteiger partial charge in [0.25, 0.3) is 0 Å². The number of phenolic OH excluding ortho intramolecular Hbond substituents is 2. The molecule has 0 radical (unpaired) electrons. The van der Waals surface area contributed by atoms with Crippen molar-refractivity contribution < 1.29 is 15.0 Å². The molecule has 0 bridgehead atoms. The minimum atomic E-state index is -0.270. The van der Waals surface area contributed by atoms with E-state index in [2.05, 4.69) is 76.2 Å². The van der Waals surface area contributed by atoms with Crippen LogP contribution in [0.1, 0.15) is 141 Å². The SMILES string of the molecule is CCCC1(CCC)CC2(CC(CCC)(CCC)c3cc(-c4ccc5c(c4)C(=O)c4cc(C)ccc4-5)c(O)cc32)c2cc(O)c(C)cc21. The number of hydrogen-bond acceptors (Lipinski definition) is 3. The van der Waals surface area contributed by atoms with Crippen molar-refractivity contribution in [1.29, 1.82) is 0 Å². The summed E-state index contributed by atoms with van der Waals surface area (Å²) >= 11 is 0. The number of fused-ring (bicyclic) bond motifs is 7. The van der Waals surface area contributed by atoms with E-state index in [0.29, 0.717) is 11.3 Å². The molecule has 1 unspecified atom stereocenters. The summed E-state index contributed by atoms with van der Waals surface area (Å²) in [5.74, 6) is 0.705. The number of rotatable bonds is 9. The fourth-order valence-corrected chi connectivity index (χ4v) is 10.5. The normalized spacial score (nSPS) is 19.6. The maximum absolute atomic E-state index is 13.6. The molecule has 2 N–H and O–H groups in total. The molecule has 3 aliphatic rings. The highest BCUT2D eigenvalue weighted by atomic mass is 16.3. The molecule has 47 heavy (non-hydrogen) atoms. The summed E-state index contributed by atoms with van der Waals surface area (Å²) in [6.07, 6.45) is 10.8. The second-order valence-corrected chi connectivity index (χ2v) is 15.2. The zero-order valence-corrected chi connectivity index (χ0v) is 29.1. The van der Waals surface area contributed by atoms with Crippen molar-refractivity contribution in [1.82, 2.24) is 0 Å². The average Bonchev–Trinajstić information content (AvgIpc) is 3.56. The van der Waals surface area contributed by atoms with E-state index in [9.17, 15) is 15.0 Å². The summed E-state index contributed by atoms with van der Waals surface area (Å²) in [7, 11) is 0. The van der Waals surface area contributed by atoms with Crippen molar-refractivity contribution in [3.63, 3.8) is 0 Å². The van der Waals surface area contributed by atoms with Gasteiger partial charge >= 0.3 is 0 Å². The predicted molar refractivity (Wildman–Crippen MR) is 193 cm³/mol. The van der Waals surface area contributed by atoms with Crippen LogP contribution in [0, 0.1) is 13.8 Å². The van der Waals surface area contributed by atoms with Gasteiger partial charge in [-0.25, -0.2) is 0 Å². The Hall–Kier alpha value is -3.85. The Bertz CT molecular complexity index is 1900. The maximum atomic E-state index is 13.6. The fourth-order valence-electron chi connectivity index (χ4n) is 10.5. The Kier molecular flexibility index (Phi) is 7.69. The van der Waals surface area contributed by atoms with Crippen molar-refractivity contribution in [2.75, 3.05) is 0 Å². The molecule has 0 saturated carbocycles.